The van der Waals surface area contributed by atoms with Gasteiger partial charge in [0.2, 0.25) is 5.91 Å². The van der Waals surface area contributed by atoms with Gasteiger partial charge < -0.3 is 15.2 Å². The van der Waals surface area contributed by atoms with Crippen LogP contribution in [0.4, 0.5) is 13.2 Å². The molecule has 0 saturated heterocycles. The maximum atomic E-state index is 11.7. The van der Waals surface area contributed by atoms with Crippen LogP contribution < -0.4 is 5.32 Å². The van der Waals surface area contributed by atoms with E-state index >= 15 is 0 Å². The first-order valence-corrected chi connectivity index (χ1v) is 5.87. The highest BCUT2D eigenvalue weighted by atomic mass is 19.4. The van der Waals surface area contributed by atoms with Crippen LogP contribution in [0.25, 0.3) is 0 Å². The van der Waals surface area contributed by atoms with E-state index in [0.29, 0.717) is 6.54 Å². The number of ether oxygens (including phenoxy) is 1. The van der Waals surface area contributed by atoms with E-state index in [0.717, 1.165) is 12.8 Å². The van der Waals surface area contributed by atoms with E-state index < -0.39 is 12.8 Å². The van der Waals surface area contributed by atoms with Crippen LogP contribution in [0.3, 0.4) is 0 Å². The molecule has 7 heteroatoms. The molecule has 108 valence electrons. The second-order valence-corrected chi connectivity index (χ2v) is 4.20. The van der Waals surface area contributed by atoms with Gasteiger partial charge in [-0.2, -0.15) is 13.2 Å². The predicted octanol–water partition coefficient (Wildman–Crippen LogP) is 1.48. The Morgan fingerprint density at radius 2 is 2.11 bits per heavy atom. The third-order valence-corrected chi connectivity index (χ3v) is 2.25. The van der Waals surface area contributed by atoms with Gasteiger partial charge in [0, 0.05) is 19.6 Å². The maximum Gasteiger partial charge on any atom is 0.411 e. The van der Waals surface area contributed by atoms with Gasteiger partial charge in [-0.05, 0) is 18.8 Å². The lowest BCUT2D eigenvalue weighted by molar-refractivity contribution is -0.174. The molecule has 0 spiro atoms. The van der Waals surface area contributed by atoms with Crippen LogP contribution in [0, 0.1) is 5.92 Å². The summed E-state index contributed by atoms with van der Waals surface area (Å²) in [4.78, 5) is 11.2. The molecule has 1 atom stereocenters. The summed E-state index contributed by atoms with van der Waals surface area (Å²) in [6.45, 7) is 0.904. The van der Waals surface area contributed by atoms with Crippen molar-refractivity contribution in [2.75, 3.05) is 26.4 Å². The van der Waals surface area contributed by atoms with Crippen molar-refractivity contribution in [2.45, 2.75) is 32.4 Å². The highest BCUT2D eigenvalue weighted by Crippen LogP contribution is 2.14. The summed E-state index contributed by atoms with van der Waals surface area (Å²) >= 11 is 0. The molecule has 0 aliphatic carbocycles. The fraction of sp³-hybridized carbons (Fsp3) is 0.909. The summed E-state index contributed by atoms with van der Waals surface area (Å²) in [7, 11) is 0. The summed E-state index contributed by atoms with van der Waals surface area (Å²) in [6, 6.07) is 0. The number of halogens is 3. The number of amides is 1. The van der Waals surface area contributed by atoms with Gasteiger partial charge in [-0.1, -0.05) is 6.92 Å². The molecule has 18 heavy (non-hydrogen) atoms. The quantitative estimate of drug-likeness (QED) is 0.624. The number of hydrogen-bond donors (Lipinski definition) is 2. The van der Waals surface area contributed by atoms with Gasteiger partial charge >= 0.3 is 6.18 Å². The Hall–Kier alpha value is -0.820. The molecule has 0 rings (SSSR count). The summed E-state index contributed by atoms with van der Waals surface area (Å²) in [5, 5.41) is 11.3. The molecule has 2 N–H and O–H groups in total. The van der Waals surface area contributed by atoms with Gasteiger partial charge in [-0.3, -0.25) is 4.79 Å². The highest BCUT2D eigenvalue weighted by Gasteiger charge is 2.27. The first-order chi connectivity index (χ1) is 8.35. The van der Waals surface area contributed by atoms with Crippen molar-refractivity contribution in [1.82, 2.24) is 5.32 Å². The second-order valence-electron chi connectivity index (χ2n) is 4.20. The number of carbonyl (C=O) groups excluding carboxylic acids is 1. The Morgan fingerprint density at radius 1 is 1.44 bits per heavy atom. The van der Waals surface area contributed by atoms with E-state index in [1.807, 2.05) is 6.92 Å². The molecule has 0 aliphatic heterocycles. The molecule has 0 aromatic rings. The topological polar surface area (TPSA) is 58.6 Å². The first kappa shape index (κ1) is 17.2. The van der Waals surface area contributed by atoms with Crippen molar-refractivity contribution >= 4 is 5.91 Å². The zero-order chi connectivity index (χ0) is 14.0. The predicted molar refractivity (Wildman–Crippen MR) is 60.0 cm³/mol. The van der Waals surface area contributed by atoms with Crippen LogP contribution in [0.5, 0.6) is 0 Å². The molecule has 0 radical (unpaired) electrons. The van der Waals surface area contributed by atoms with Crippen molar-refractivity contribution < 1.29 is 27.8 Å². The number of aliphatic hydroxyl groups excluding tert-OH is 1. The molecule has 0 fully saturated rings. The Bertz CT molecular complexity index is 234. The average molecular weight is 271 g/mol. The summed E-state index contributed by atoms with van der Waals surface area (Å²) in [6.07, 6.45) is -2.90. The molecule has 1 unspecified atom stereocenters. The fourth-order valence-electron chi connectivity index (χ4n) is 1.21. The Morgan fingerprint density at radius 3 is 2.67 bits per heavy atom. The van der Waals surface area contributed by atoms with Crippen LogP contribution in [0.15, 0.2) is 0 Å². The lowest BCUT2D eigenvalue weighted by Crippen LogP contribution is -2.26. The average Bonchev–Trinajstić information content (AvgIpc) is 2.28. The number of carbonyl (C=O) groups is 1. The van der Waals surface area contributed by atoms with Gasteiger partial charge in [-0.25, -0.2) is 0 Å². The minimum Gasteiger partial charge on any atom is -0.396 e. The lowest BCUT2D eigenvalue weighted by atomic mass is 10.1. The van der Waals surface area contributed by atoms with E-state index in [1.165, 1.54) is 0 Å². The molecule has 0 heterocycles. The number of rotatable bonds is 9. The SMILES string of the molecule is CC(CO)CCCNC(=O)CCOCC(F)(F)F. The van der Waals surface area contributed by atoms with E-state index in [2.05, 4.69) is 10.1 Å². The standard InChI is InChI=1S/C11H20F3NO3/c1-9(7-16)3-2-5-15-10(17)4-6-18-8-11(12,13)14/h9,16H,2-8H2,1H3,(H,15,17). The minimum absolute atomic E-state index is 0.0777. The molecule has 0 aromatic carbocycles. The van der Waals surface area contributed by atoms with Gasteiger partial charge in [-0.15, -0.1) is 0 Å². The molecule has 0 aromatic heterocycles. The van der Waals surface area contributed by atoms with Crippen LogP contribution in [0.2, 0.25) is 0 Å². The monoisotopic (exact) mass is 271 g/mol. The van der Waals surface area contributed by atoms with Crippen LogP contribution in [-0.4, -0.2) is 43.6 Å². The zero-order valence-corrected chi connectivity index (χ0v) is 10.4. The van der Waals surface area contributed by atoms with Crippen molar-refractivity contribution in [3.63, 3.8) is 0 Å². The molecule has 1 amide bonds. The first-order valence-electron chi connectivity index (χ1n) is 5.87. The van der Waals surface area contributed by atoms with E-state index in [9.17, 15) is 18.0 Å². The second kappa shape index (κ2) is 9.16. The fourth-order valence-corrected chi connectivity index (χ4v) is 1.21. The summed E-state index contributed by atoms with van der Waals surface area (Å²) < 4.78 is 39.4. The Labute approximate surface area is 105 Å². The Kier molecular flexibility index (Phi) is 8.74. The van der Waals surface area contributed by atoms with Crippen molar-refractivity contribution in [1.29, 1.82) is 0 Å². The van der Waals surface area contributed by atoms with Crippen molar-refractivity contribution in [2.24, 2.45) is 5.92 Å². The normalized spacial score (nSPS) is 13.4. The molecule has 0 saturated carbocycles. The third kappa shape index (κ3) is 11.7. The van der Waals surface area contributed by atoms with Gasteiger partial charge in [0.05, 0.1) is 6.61 Å². The summed E-state index contributed by atoms with van der Waals surface area (Å²) in [5.74, 6) is -0.133. The largest absolute Gasteiger partial charge is 0.411 e. The van der Waals surface area contributed by atoms with Gasteiger partial charge in [0.1, 0.15) is 6.61 Å². The van der Waals surface area contributed by atoms with Crippen LogP contribution >= 0.6 is 0 Å². The van der Waals surface area contributed by atoms with Crippen molar-refractivity contribution in [3.05, 3.63) is 0 Å². The molecule has 0 aliphatic rings. The minimum atomic E-state index is -4.35. The Balaban J connectivity index is 3.38. The van der Waals surface area contributed by atoms with Crippen LogP contribution in [-0.2, 0) is 9.53 Å². The van der Waals surface area contributed by atoms with E-state index in [1.54, 1.807) is 0 Å². The van der Waals surface area contributed by atoms with Crippen LogP contribution in [0.1, 0.15) is 26.2 Å². The molecule has 4 nitrogen and oxygen atoms in total. The number of alkyl halides is 3. The van der Waals surface area contributed by atoms with Gasteiger partial charge in [0.25, 0.3) is 0 Å². The van der Waals surface area contributed by atoms with Gasteiger partial charge in [0.15, 0.2) is 0 Å². The molecular weight excluding hydrogens is 251 g/mol. The van der Waals surface area contributed by atoms with E-state index in [4.69, 9.17) is 5.11 Å². The number of hydrogen-bond acceptors (Lipinski definition) is 3. The molecular formula is C11H20F3NO3. The highest BCUT2D eigenvalue weighted by molar-refractivity contribution is 5.75. The number of aliphatic hydroxyl groups is 1. The maximum absolute atomic E-state index is 11.7. The number of nitrogens with one attached hydrogen (secondary N) is 1. The summed E-state index contributed by atoms with van der Waals surface area (Å²) in [5.41, 5.74) is 0. The lowest BCUT2D eigenvalue weighted by Gasteiger charge is -2.09. The third-order valence-electron chi connectivity index (χ3n) is 2.25. The molecule has 0 bridgehead atoms. The zero-order valence-electron chi connectivity index (χ0n) is 10.4. The van der Waals surface area contributed by atoms with E-state index in [-0.39, 0.29) is 31.5 Å². The smallest absolute Gasteiger partial charge is 0.396 e. The van der Waals surface area contributed by atoms with Crippen molar-refractivity contribution in [3.8, 4) is 0 Å².